The van der Waals surface area contributed by atoms with Gasteiger partial charge in [0.2, 0.25) is 0 Å². The minimum absolute atomic E-state index is 0.192. The van der Waals surface area contributed by atoms with Gasteiger partial charge in [0.1, 0.15) is 24.6 Å². The number of aliphatic hydroxyl groups excluding tert-OH is 1. The van der Waals surface area contributed by atoms with Crippen LogP contribution < -0.4 is 9.47 Å². The molecule has 0 amide bonds. The van der Waals surface area contributed by atoms with E-state index >= 15 is 0 Å². The molecule has 2 aromatic heterocycles. The van der Waals surface area contributed by atoms with Gasteiger partial charge >= 0.3 is 0 Å². The first-order valence-electron chi connectivity index (χ1n) is 7.22. The minimum atomic E-state index is -0.192. The van der Waals surface area contributed by atoms with Crippen molar-refractivity contribution >= 4 is 0 Å². The summed E-state index contributed by atoms with van der Waals surface area (Å²) in [6.45, 7) is 0.877. The number of hydrogen-bond donors (Lipinski definition) is 1. The fourth-order valence-corrected chi connectivity index (χ4v) is 2.56. The number of fused-ring (bicyclic) bond motifs is 1. The highest BCUT2D eigenvalue weighted by Gasteiger charge is 2.18. The van der Waals surface area contributed by atoms with Crippen molar-refractivity contribution < 1.29 is 14.6 Å². The van der Waals surface area contributed by atoms with E-state index in [1.807, 2.05) is 30.3 Å². The second-order valence-electron chi connectivity index (χ2n) is 5.02. The fraction of sp³-hybridized carbons (Fsp3) is 0.188. The van der Waals surface area contributed by atoms with Crippen molar-refractivity contribution in [2.75, 3.05) is 13.2 Å². The molecule has 1 aliphatic rings. The third-order valence-corrected chi connectivity index (χ3v) is 3.61. The maximum Gasteiger partial charge on any atom is 0.163 e. The zero-order chi connectivity index (χ0) is 15.6. The van der Waals surface area contributed by atoms with Crippen LogP contribution in [0.25, 0.3) is 16.9 Å². The van der Waals surface area contributed by atoms with Gasteiger partial charge in [0.25, 0.3) is 0 Å². The molecule has 3 aromatic rings. The SMILES string of the molecule is OCc1nnn(-c2ccc3c(c2)OCCO3)c1-c1ccncc1. The van der Waals surface area contributed by atoms with Crippen molar-refractivity contribution in [2.24, 2.45) is 0 Å². The second-order valence-corrected chi connectivity index (χ2v) is 5.02. The monoisotopic (exact) mass is 310 g/mol. The van der Waals surface area contributed by atoms with Gasteiger partial charge in [-0.2, -0.15) is 0 Å². The van der Waals surface area contributed by atoms with Gasteiger partial charge in [-0.15, -0.1) is 5.10 Å². The Balaban J connectivity index is 1.85. The maximum atomic E-state index is 9.56. The molecule has 3 heterocycles. The molecule has 0 atom stereocenters. The first-order chi connectivity index (χ1) is 11.4. The van der Waals surface area contributed by atoms with Gasteiger partial charge in [0.15, 0.2) is 11.5 Å². The number of aliphatic hydroxyl groups is 1. The topological polar surface area (TPSA) is 82.3 Å². The molecule has 4 rings (SSSR count). The van der Waals surface area contributed by atoms with E-state index in [4.69, 9.17) is 9.47 Å². The van der Waals surface area contributed by atoms with Crippen LogP contribution in [0.15, 0.2) is 42.7 Å². The summed E-state index contributed by atoms with van der Waals surface area (Å²) in [5.74, 6) is 1.39. The number of aromatic nitrogens is 4. The molecular weight excluding hydrogens is 296 g/mol. The zero-order valence-electron chi connectivity index (χ0n) is 12.2. The molecular formula is C16H14N4O3. The van der Waals surface area contributed by atoms with Crippen LogP contribution in [0.1, 0.15) is 5.69 Å². The van der Waals surface area contributed by atoms with Crippen molar-refractivity contribution in [3.63, 3.8) is 0 Å². The van der Waals surface area contributed by atoms with Crippen molar-refractivity contribution in [3.8, 4) is 28.4 Å². The highest BCUT2D eigenvalue weighted by atomic mass is 16.6. The van der Waals surface area contributed by atoms with E-state index in [1.54, 1.807) is 17.1 Å². The molecule has 7 nitrogen and oxygen atoms in total. The van der Waals surface area contributed by atoms with Gasteiger partial charge < -0.3 is 14.6 Å². The Morgan fingerprint density at radius 1 is 1.04 bits per heavy atom. The van der Waals surface area contributed by atoms with Gasteiger partial charge in [-0.3, -0.25) is 4.98 Å². The Labute approximate surface area is 132 Å². The summed E-state index contributed by atoms with van der Waals surface area (Å²) in [5.41, 5.74) is 2.90. The second kappa shape index (κ2) is 5.69. The molecule has 0 fully saturated rings. The van der Waals surface area contributed by atoms with E-state index in [9.17, 15) is 5.11 Å². The predicted octanol–water partition coefficient (Wildman–Crippen LogP) is 1.59. The summed E-state index contributed by atoms with van der Waals surface area (Å²) in [7, 11) is 0. The summed E-state index contributed by atoms with van der Waals surface area (Å²) in [6, 6.07) is 9.29. The highest BCUT2D eigenvalue weighted by Crippen LogP contribution is 2.33. The van der Waals surface area contributed by atoms with E-state index < -0.39 is 0 Å². The molecule has 0 aliphatic carbocycles. The number of hydrogen-bond acceptors (Lipinski definition) is 6. The van der Waals surface area contributed by atoms with Crippen LogP contribution in [-0.4, -0.2) is 38.3 Å². The van der Waals surface area contributed by atoms with Crippen molar-refractivity contribution in [2.45, 2.75) is 6.61 Å². The quantitative estimate of drug-likeness (QED) is 0.791. The summed E-state index contributed by atoms with van der Waals surface area (Å²) in [5, 5.41) is 17.8. The van der Waals surface area contributed by atoms with Crippen molar-refractivity contribution in [1.82, 2.24) is 20.0 Å². The van der Waals surface area contributed by atoms with E-state index in [2.05, 4.69) is 15.3 Å². The number of nitrogens with zero attached hydrogens (tertiary/aromatic N) is 4. The number of rotatable bonds is 3. The van der Waals surface area contributed by atoms with Crippen LogP contribution in [-0.2, 0) is 6.61 Å². The van der Waals surface area contributed by atoms with Crippen LogP contribution in [0, 0.1) is 0 Å². The Bertz CT molecular complexity index is 833. The third-order valence-electron chi connectivity index (χ3n) is 3.61. The number of benzene rings is 1. The molecule has 0 spiro atoms. The molecule has 7 heteroatoms. The van der Waals surface area contributed by atoms with Crippen LogP contribution in [0.5, 0.6) is 11.5 Å². The molecule has 23 heavy (non-hydrogen) atoms. The largest absolute Gasteiger partial charge is 0.486 e. The average molecular weight is 310 g/mol. The molecule has 1 aliphatic heterocycles. The standard InChI is InChI=1S/C16H14N4O3/c21-10-13-16(11-3-5-17-6-4-11)20(19-18-13)12-1-2-14-15(9-12)23-8-7-22-14/h1-6,9,21H,7-8,10H2. The first-order valence-corrected chi connectivity index (χ1v) is 7.22. The Hall–Kier alpha value is -2.93. The molecule has 0 saturated heterocycles. The molecule has 116 valence electrons. The van der Waals surface area contributed by atoms with Crippen molar-refractivity contribution in [1.29, 1.82) is 0 Å². The van der Waals surface area contributed by atoms with Gasteiger partial charge in [-0.05, 0) is 24.3 Å². The number of ether oxygens (including phenoxy) is 2. The summed E-state index contributed by atoms with van der Waals surface area (Å²) < 4.78 is 12.8. The van der Waals surface area contributed by atoms with Gasteiger partial charge in [0, 0.05) is 24.0 Å². The Morgan fingerprint density at radius 3 is 2.61 bits per heavy atom. The van der Waals surface area contributed by atoms with Gasteiger partial charge in [-0.25, -0.2) is 4.68 Å². The lowest BCUT2D eigenvalue weighted by Crippen LogP contribution is -2.15. The summed E-state index contributed by atoms with van der Waals surface area (Å²) >= 11 is 0. The molecule has 1 aromatic carbocycles. The number of pyridine rings is 1. The lowest BCUT2D eigenvalue weighted by atomic mass is 10.1. The van der Waals surface area contributed by atoms with E-state index in [1.165, 1.54) is 0 Å². The smallest absolute Gasteiger partial charge is 0.163 e. The third kappa shape index (κ3) is 2.40. The average Bonchev–Trinajstić information content (AvgIpc) is 3.06. The Kier molecular flexibility index (Phi) is 3.39. The fourth-order valence-electron chi connectivity index (χ4n) is 2.56. The lowest BCUT2D eigenvalue weighted by molar-refractivity contribution is 0.171. The Morgan fingerprint density at radius 2 is 1.83 bits per heavy atom. The van der Waals surface area contributed by atoms with E-state index in [0.717, 1.165) is 16.9 Å². The minimum Gasteiger partial charge on any atom is -0.486 e. The van der Waals surface area contributed by atoms with Crippen molar-refractivity contribution in [3.05, 3.63) is 48.4 Å². The van der Waals surface area contributed by atoms with E-state index in [0.29, 0.717) is 30.4 Å². The van der Waals surface area contributed by atoms with Crippen LogP contribution in [0.2, 0.25) is 0 Å². The van der Waals surface area contributed by atoms with Gasteiger partial charge in [0.05, 0.1) is 12.3 Å². The van der Waals surface area contributed by atoms with Gasteiger partial charge in [-0.1, -0.05) is 5.21 Å². The molecule has 0 radical (unpaired) electrons. The highest BCUT2D eigenvalue weighted by molar-refractivity contribution is 5.64. The molecule has 0 unspecified atom stereocenters. The molecule has 0 bridgehead atoms. The summed E-state index contributed by atoms with van der Waals surface area (Å²) in [6.07, 6.45) is 3.38. The predicted molar refractivity (Wildman–Crippen MR) is 81.5 cm³/mol. The first kappa shape index (κ1) is 13.7. The van der Waals surface area contributed by atoms with Crippen LogP contribution in [0.3, 0.4) is 0 Å². The summed E-state index contributed by atoms with van der Waals surface area (Å²) in [4.78, 5) is 4.02. The molecule has 1 N–H and O–H groups in total. The lowest BCUT2D eigenvalue weighted by Gasteiger charge is -2.19. The zero-order valence-corrected chi connectivity index (χ0v) is 12.2. The maximum absolute atomic E-state index is 9.56. The molecule has 0 saturated carbocycles. The van der Waals surface area contributed by atoms with Crippen LogP contribution in [0.4, 0.5) is 0 Å². The normalized spacial score (nSPS) is 13.1. The van der Waals surface area contributed by atoms with E-state index in [-0.39, 0.29) is 6.61 Å². The van der Waals surface area contributed by atoms with Crippen LogP contribution >= 0.6 is 0 Å².